The van der Waals surface area contributed by atoms with Crippen LogP contribution in [0.4, 0.5) is 0 Å². The van der Waals surface area contributed by atoms with Crippen molar-refractivity contribution < 1.29 is 36.5 Å². The highest BCUT2D eigenvalue weighted by Gasteiger charge is 2.64. The Balaban J connectivity index is 1.70. The second-order valence-corrected chi connectivity index (χ2v) is 25.0. The van der Waals surface area contributed by atoms with Gasteiger partial charge in [0.25, 0.3) is 0 Å². The molecule has 0 spiro atoms. The van der Waals surface area contributed by atoms with Crippen LogP contribution in [0.1, 0.15) is 77.0 Å². The van der Waals surface area contributed by atoms with E-state index < -0.39 is 58.8 Å². The summed E-state index contributed by atoms with van der Waals surface area (Å²) in [5.74, 6) is -0.799. The SMILES string of the molecule is C=C1CC[C@H](OCOCc2ccccc2)[C@@](C)(CS(=O)(=O)c2ccc(C)cc2)[C@@H]1[C@H](OCc1ccccc1)[C@]1(O[Si](C)(C)C)CCC(C)=C(C(C#N)OCCOCC)C1(C)C. The van der Waals surface area contributed by atoms with Crippen LogP contribution in [0.2, 0.25) is 19.6 Å². The number of nitrogens with zero attached hydrogens (tertiary/aromatic N) is 1. The molecule has 332 valence electrons. The van der Waals surface area contributed by atoms with Crippen LogP contribution in [0.3, 0.4) is 0 Å². The van der Waals surface area contributed by atoms with E-state index in [1.54, 1.807) is 12.1 Å². The van der Waals surface area contributed by atoms with Gasteiger partial charge >= 0.3 is 0 Å². The van der Waals surface area contributed by atoms with Crippen LogP contribution in [0.25, 0.3) is 0 Å². The summed E-state index contributed by atoms with van der Waals surface area (Å²) in [6.07, 6.45) is 0.195. The Bertz CT molecular complexity index is 2080. The lowest BCUT2D eigenvalue weighted by molar-refractivity contribution is -0.213. The molecule has 3 aromatic carbocycles. The van der Waals surface area contributed by atoms with E-state index in [1.165, 1.54) is 0 Å². The summed E-state index contributed by atoms with van der Waals surface area (Å²) in [6.45, 7) is 25.3. The number of ether oxygens (including phenoxy) is 5. The number of sulfone groups is 1. The molecule has 6 atom stereocenters. The fourth-order valence-electron chi connectivity index (χ4n) is 9.82. The fraction of sp³-hybridized carbons (Fsp3) is 0.540. The third kappa shape index (κ3) is 11.6. The van der Waals surface area contributed by atoms with Crippen molar-refractivity contribution in [2.75, 3.05) is 32.4 Å². The second-order valence-electron chi connectivity index (χ2n) is 18.6. The first-order valence-corrected chi connectivity index (χ1v) is 26.8. The zero-order chi connectivity index (χ0) is 44.5. The summed E-state index contributed by atoms with van der Waals surface area (Å²) in [5, 5.41) is 10.8. The molecule has 0 amide bonds. The van der Waals surface area contributed by atoms with Crippen LogP contribution in [-0.4, -0.2) is 73.0 Å². The van der Waals surface area contributed by atoms with Gasteiger partial charge in [0, 0.05) is 23.4 Å². The van der Waals surface area contributed by atoms with Crippen LogP contribution in [0, 0.1) is 35.0 Å². The summed E-state index contributed by atoms with van der Waals surface area (Å²) in [6, 6.07) is 29.5. The van der Waals surface area contributed by atoms with Gasteiger partial charge in [-0.3, -0.25) is 0 Å². The van der Waals surface area contributed by atoms with Crippen molar-refractivity contribution in [2.24, 2.45) is 16.7 Å². The monoisotopic (exact) mass is 871 g/mol. The largest absolute Gasteiger partial charge is 0.409 e. The lowest BCUT2D eigenvalue weighted by Gasteiger charge is -2.62. The first-order valence-electron chi connectivity index (χ1n) is 21.7. The molecule has 0 bridgehead atoms. The van der Waals surface area contributed by atoms with Gasteiger partial charge in [-0.25, -0.2) is 8.42 Å². The quantitative estimate of drug-likeness (QED) is 0.0447. The van der Waals surface area contributed by atoms with E-state index in [2.05, 4.69) is 46.5 Å². The smallest absolute Gasteiger partial charge is 0.184 e. The maximum absolute atomic E-state index is 14.9. The van der Waals surface area contributed by atoms with Crippen molar-refractivity contribution in [1.29, 1.82) is 5.26 Å². The molecule has 0 radical (unpaired) electrons. The average Bonchev–Trinajstić information content (AvgIpc) is 3.20. The Morgan fingerprint density at radius 3 is 2.07 bits per heavy atom. The molecule has 0 aliphatic heterocycles. The summed E-state index contributed by atoms with van der Waals surface area (Å²) < 4.78 is 69.6. The molecule has 11 heteroatoms. The molecule has 61 heavy (non-hydrogen) atoms. The Morgan fingerprint density at radius 1 is 0.852 bits per heavy atom. The highest BCUT2D eigenvalue weighted by molar-refractivity contribution is 7.91. The molecule has 1 unspecified atom stereocenters. The van der Waals surface area contributed by atoms with Gasteiger partial charge in [0.2, 0.25) is 0 Å². The van der Waals surface area contributed by atoms with E-state index in [0.29, 0.717) is 45.5 Å². The van der Waals surface area contributed by atoms with Gasteiger partial charge in [0.15, 0.2) is 24.3 Å². The predicted octanol–water partition coefficient (Wildman–Crippen LogP) is 10.6. The van der Waals surface area contributed by atoms with Gasteiger partial charge < -0.3 is 28.1 Å². The molecular formula is C50H69NO8SSi. The molecule has 1 fully saturated rings. The summed E-state index contributed by atoms with van der Waals surface area (Å²) in [7, 11) is -6.37. The van der Waals surface area contributed by atoms with Crippen LogP contribution in [0.5, 0.6) is 0 Å². The first kappa shape index (κ1) is 48.6. The zero-order valence-corrected chi connectivity index (χ0v) is 39.8. The van der Waals surface area contributed by atoms with Crippen LogP contribution < -0.4 is 0 Å². The summed E-state index contributed by atoms with van der Waals surface area (Å²) in [5.41, 5.74) is 2.81. The Hall–Kier alpha value is -3.44. The van der Waals surface area contributed by atoms with Crippen molar-refractivity contribution in [3.05, 3.63) is 125 Å². The third-order valence-corrected chi connectivity index (χ3v) is 15.6. The minimum Gasteiger partial charge on any atom is -0.409 e. The molecule has 0 N–H and O–H groups in total. The van der Waals surface area contributed by atoms with Gasteiger partial charge in [0.1, 0.15) is 6.79 Å². The summed E-state index contributed by atoms with van der Waals surface area (Å²) >= 11 is 0. The Morgan fingerprint density at radius 2 is 1.48 bits per heavy atom. The molecule has 9 nitrogen and oxygen atoms in total. The Labute approximate surface area is 367 Å². The maximum Gasteiger partial charge on any atom is 0.184 e. The average molecular weight is 872 g/mol. The maximum atomic E-state index is 14.9. The molecule has 1 saturated carbocycles. The minimum absolute atomic E-state index is 0.0223. The predicted molar refractivity (Wildman–Crippen MR) is 244 cm³/mol. The van der Waals surface area contributed by atoms with E-state index in [1.807, 2.05) is 93.6 Å². The van der Waals surface area contributed by atoms with E-state index in [0.717, 1.165) is 33.4 Å². The molecule has 0 aromatic heterocycles. The van der Waals surface area contributed by atoms with Gasteiger partial charge in [-0.15, -0.1) is 0 Å². The van der Waals surface area contributed by atoms with Gasteiger partial charge in [0.05, 0.1) is 61.0 Å². The third-order valence-electron chi connectivity index (χ3n) is 12.6. The van der Waals surface area contributed by atoms with Crippen LogP contribution >= 0.6 is 0 Å². The lowest BCUT2D eigenvalue weighted by Crippen LogP contribution is -2.68. The topological polar surface area (TPSA) is 113 Å². The number of allylic oxidation sites excluding steroid dienone is 1. The molecule has 3 aromatic rings. The second kappa shape index (κ2) is 20.8. The highest BCUT2D eigenvalue weighted by atomic mass is 32.2. The molecule has 0 heterocycles. The van der Waals surface area contributed by atoms with E-state index in [-0.39, 0.29) is 30.7 Å². The van der Waals surface area contributed by atoms with Gasteiger partial charge in [-0.05, 0) is 94.9 Å². The van der Waals surface area contributed by atoms with Gasteiger partial charge in [-0.1, -0.05) is 117 Å². The van der Waals surface area contributed by atoms with Crippen molar-refractivity contribution in [1.82, 2.24) is 0 Å². The molecule has 0 saturated heterocycles. The lowest BCUT2D eigenvalue weighted by atomic mass is 9.52. The molecule has 2 aliphatic carbocycles. The van der Waals surface area contributed by atoms with E-state index in [4.69, 9.17) is 34.7 Å². The number of nitriles is 1. The van der Waals surface area contributed by atoms with E-state index >= 15 is 0 Å². The van der Waals surface area contributed by atoms with Crippen molar-refractivity contribution >= 4 is 18.2 Å². The normalized spacial score (nSPS) is 24.3. The Kier molecular flexibility index (Phi) is 16.6. The standard InChI is InChI=1S/C50H69NO8SSi/c1-11-54-30-31-56-43(32-51)45-39(4)28-29-50(48(45,5)6,59-61(8,9)10)47(57-34-41-20-16-13-17-21-41)46-38(3)24-27-44(58-36-55-33-40-18-14-12-15-19-40)49(46,7)35-60(52,53)42-25-22-37(2)23-26-42/h12-23,25-26,43-44,46-47H,3,11,24,27-31,33-36H2,1-2,4-10H3/t43?,44-,46-,47-,49+,50+/m0/s1. The van der Waals surface area contributed by atoms with Crippen molar-refractivity contribution in [3.8, 4) is 6.07 Å². The molecule has 5 rings (SSSR count). The van der Waals surface area contributed by atoms with Crippen molar-refractivity contribution in [3.63, 3.8) is 0 Å². The number of rotatable bonds is 21. The number of benzene rings is 3. The first-order chi connectivity index (χ1) is 28.9. The zero-order valence-electron chi connectivity index (χ0n) is 38.0. The van der Waals surface area contributed by atoms with Crippen LogP contribution in [-0.2, 0) is 51.2 Å². The van der Waals surface area contributed by atoms with E-state index in [9.17, 15) is 13.7 Å². The van der Waals surface area contributed by atoms with Gasteiger partial charge in [-0.2, -0.15) is 5.26 Å². The molecule has 2 aliphatic rings. The fourth-order valence-corrected chi connectivity index (χ4v) is 13.3. The number of hydrogen-bond acceptors (Lipinski definition) is 9. The number of aryl methyl sites for hydroxylation is 1. The van der Waals surface area contributed by atoms with Crippen molar-refractivity contribution in [2.45, 2.75) is 129 Å². The number of hydrogen-bond donors (Lipinski definition) is 0. The highest BCUT2D eigenvalue weighted by Crippen LogP contribution is 2.60. The molecular weight excluding hydrogens is 803 g/mol. The minimum atomic E-state index is -3.90. The van der Waals surface area contributed by atoms with Crippen LogP contribution in [0.15, 0.2) is 113 Å². The summed E-state index contributed by atoms with van der Waals surface area (Å²) in [4.78, 5) is 0.253.